The van der Waals surface area contributed by atoms with Crippen molar-refractivity contribution >= 4 is 11.7 Å². The maximum absolute atomic E-state index is 12.0. The monoisotopic (exact) mass is 276 g/mol. The Morgan fingerprint density at radius 2 is 2.30 bits per heavy atom. The molecule has 1 aromatic rings. The van der Waals surface area contributed by atoms with Gasteiger partial charge >= 0.3 is 0 Å². The van der Waals surface area contributed by atoms with Crippen LogP contribution >= 0.6 is 0 Å². The number of nitrogens with zero attached hydrogens (tertiary/aromatic N) is 1. The molecule has 0 unspecified atom stereocenters. The molecule has 3 N–H and O–H groups in total. The van der Waals surface area contributed by atoms with Crippen molar-refractivity contribution in [3.05, 3.63) is 37.1 Å². The second-order valence-corrected chi connectivity index (χ2v) is 5.15. The Balaban J connectivity index is 1.84. The molecule has 1 atom stereocenters. The molecular formula is C15H24N4O+2. The number of piperazine rings is 1. The average Bonchev–Trinajstić information content (AvgIpc) is 2.53. The lowest BCUT2D eigenvalue weighted by molar-refractivity contribution is -0.914. The molecule has 108 valence electrons. The summed E-state index contributed by atoms with van der Waals surface area (Å²) in [6, 6.07) is 6.11. The first-order chi connectivity index (χ1) is 9.72. The zero-order valence-electron chi connectivity index (χ0n) is 12.1. The summed E-state index contributed by atoms with van der Waals surface area (Å²) in [6.45, 7) is 10.0. The quantitative estimate of drug-likeness (QED) is 0.671. The maximum atomic E-state index is 12.0. The van der Waals surface area contributed by atoms with E-state index < -0.39 is 0 Å². The fourth-order valence-corrected chi connectivity index (χ4v) is 2.56. The van der Waals surface area contributed by atoms with Crippen LogP contribution in [-0.2, 0) is 4.79 Å². The van der Waals surface area contributed by atoms with E-state index in [0.29, 0.717) is 6.54 Å². The van der Waals surface area contributed by atoms with Gasteiger partial charge in [0, 0.05) is 12.6 Å². The lowest BCUT2D eigenvalue weighted by Gasteiger charge is -2.31. The fraction of sp³-hybridized carbons (Fsp3) is 0.467. The Morgan fingerprint density at radius 1 is 1.55 bits per heavy atom. The molecule has 0 radical (unpaired) electrons. The average molecular weight is 276 g/mol. The molecule has 0 aromatic carbocycles. The van der Waals surface area contributed by atoms with E-state index >= 15 is 0 Å². The van der Waals surface area contributed by atoms with E-state index in [4.69, 9.17) is 0 Å². The van der Waals surface area contributed by atoms with Crippen LogP contribution in [0.3, 0.4) is 0 Å². The summed E-state index contributed by atoms with van der Waals surface area (Å²) in [6.07, 6.45) is 3.66. The Kier molecular flexibility index (Phi) is 5.12. The molecule has 1 aliphatic rings. The van der Waals surface area contributed by atoms with Gasteiger partial charge in [0.25, 0.3) is 11.7 Å². The minimum Gasteiger partial charge on any atom is -0.347 e. The van der Waals surface area contributed by atoms with Crippen molar-refractivity contribution in [2.45, 2.75) is 13.0 Å². The second kappa shape index (κ2) is 7.05. The smallest absolute Gasteiger partial charge is 0.278 e. The Bertz CT molecular complexity index is 440. The first-order valence-corrected chi connectivity index (χ1v) is 7.17. The van der Waals surface area contributed by atoms with Crippen LogP contribution in [-0.4, -0.2) is 44.7 Å². The largest absolute Gasteiger partial charge is 0.347 e. The number of anilines is 1. The van der Waals surface area contributed by atoms with Gasteiger partial charge in [-0.15, -0.1) is 6.58 Å². The number of aromatic nitrogens is 1. The van der Waals surface area contributed by atoms with Crippen LogP contribution in [0.5, 0.6) is 0 Å². The van der Waals surface area contributed by atoms with Gasteiger partial charge in [-0.05, 0) is 13.0 Å². The van der Waals surface area contributed by atoms with Gasteiger partial charge in [0.15, 0.2) is 6.04 Å². The van der Waals surface area contributed by atoms with Crippen molar-refractivity contribution in [2.75, 3.05) is 37.6 Å². The molecule has 2 heterocycles. The molecule has 5 nitrogen and oxygen atoms in total. The van der Waals surface area contributed by atoms with Crippen molar-refractivity contribution in [3.8, 4) is 0 Å². The third kappa shape index (κ3) is 3.57. The normalized spacial score (nSPS) is 17.6. The van der Waals surface area contributed by atoms with E-state index in [1.165, 1.54) is 4.90 Å². The van der Waals surface area contributed by atoms with Crippen LogP contribution < -0.4 is 20.1 Å². The van der Waals surface area contributed by atoms with E-state index in [0.717, 1.165) is 32.0 Å². The lowest BCUT2D eigenvalue weighted by atomic mass is 10.2. The number of hydrogen-bond donors (Lipinski definition) is 2. The fourth-order valence-electron chi connectivity index (χ4n) is 2.56. The summed E-state index contributed by atoms with van der Waals surface area (Å²) in [7, 11) is 0. The predicted octanol–water partition coefficient (Wildman–Crippen LogP) is -1.10. The lowest BCUT2D eigenvalue weighted by Crippen LogP contribution is -3.19. The third-order valence-electron chi connectivity index (χ3n) is 3.87. The summed E-state index contributed by atoms with van der Waals surface area (Å²) in [4.78, 5) is 18.9. The van der Waals surface area contributed by atoms with Gasteiger partial charge in [0.1, 0.15) is 26.2 Å². The molecular weight excluding hydrogens is 252 g/mol. The number of hydrogen-bond acceptors (Lipinski definition) is 2. The zero-order chi connectivity index (χ0) is 14.4. The number of carbonyl (C=O) groups is 1. The first kappa shape index (κ1) is 14.5. The molecule has 1 saturated heterocycles. The second-order valence-electron chi connectivity index (χ2n) is 5.15. The topological polar surface area (TPSA) is 50.9 Å². The number of H-pyrrole nitrogens is 1. The van der Waals surface area contributed by atoms with E-state index in [1.54, 1.807) is 6.08 Å². The van der Waals surface area contributed by atoms with E-state index in [2.05, 4.69) is 27.8 Å². The highest BCUT2D eigenvalue weighted by Gasteiger charge is 2.31. The maximum Gasteiger partial charge on any atom is 0.278 e. The minimum atomic E-state index is -0.00291. The van der Waals surface area contributed by atoms with Crippen LogP contribution in [0.25, 0.3) is 0 Å². The number of nitrogens with one attached hydrogen (secondary N) is 3. The van der Waals surface area contributed by atoms with Gasteiger partial charge in [-0.25, -0.2) is 4.98 Å². The van der Waals surface area contributed by atoms with Gasteiger partial charge in [0.2, 0.25) is 0 Å². The Hall–Kier alpha value is -1.88. The summed E-state index contributed by atoms with van der Waals surface area (Å²) in [5.74, 6) is 1.26. The summed E-state index contributed by atoms with van der Waals surface area (Å²) in [5, 5.41) is 2.87. The SMILES string of the molecule is C=CCNC(=O)[C@@H](C)[NH+]1CCN(c2cccc[nH+]2)CC1. The molecule has 0 bridgehead atoms. The van der Waals surface area contributed by atoms with Crippen LogP contribution in [0.15, 0.2) is 37.1 Å². The molecule has 1 aliphatic heterocycles. The van der Waals surface area contributed by atoms with Gasteiger partial charge < -0.3 is 10.2 Å². The van der Waals surface area contributed by atoms with E-state index in [1.807, 2.05) is 25.3 Å². The predicted molar refractivity (Wildman–Crippen MR) is 78.6 cm³/mol. The number of rotatable bonds is 5. The van der Waals surface area contributed by atoms with Crippen LogP contribution in [0.1, 0.15) is 6.92 Å². The molecule has 1 amide bonds. The van der Waals surface area contributed by atoms with Gasteiger partial charge in [-0.1, -0.05) is 12.1 Å². The van der Waals surface area contributed by atoms with E-state index in [-0.39, 0.29) is 11.9 Å². The molecule has 2 rings (SSSR count). The number of aromatic amines is 1. The van der Waals surface area contributed by atoms with Gasteiger partial charge in [-0.2, -0.15) is 0 Å². The van der Waals surface area contributed by atoms with Crippen molar-refractivity contribution in [2.24, 2.45) is 0 Å². The molecule has 0 saturated carbocycles. The van der Waals surface area contributed by atoms with E-state index in [9.17, 15) is 4.79 Å². The molecule has 1 fully saturated rings. The summed E-state index contributed by atoms with van der Waals surface area (Å²) < 4.78 is 0. The number of quaternary nitrogens is 1. The zero-order valence-corrected chi connectivity index (χ0v) is 12.1. The molecule has 5 heteroatoms. The summed E-state index contributed by atoms with van der Waals surface area (Å²) in [5.41, 5.74) is 0. The van der Waals surface area contributed by atoms with Crippen molar-refractivity contribution in [1.29, 1.82) is 0 Å². The molecule has 1 aromatic heterocycles. The van der Waals surface area contributed by atoms with Crippen LogP contribution in [0, 0.1) is 0 Å². The van der Waals surface area contributed by atoms with Crippen molar-refractivity contribution in [3.63, 3.8) is 0 Å². The van der Waals surface area contributed by atoms with Crippen LogP contribution in [0.4, 0.5) is 5.82 Å². The molecule has 0 spiro atoms. The highest BCUT2D eigenvalue weighted by Crippen LogP contribution is 2.04. The highest BCUT2D eigenvalue weighted by molar-refractivity contribution is 5.80. The van der Waals surface area contributed by atoms with Crippen LogP contribution in [0.2, 0.25) is 0 Å². The van der Waals surface area contributed by atoms with Crippen molar-refractivity contribution in [1.82, 2.24) is 5.32 Å². The Morgan fingerprint density at radius 3 is 2.90 bits per heavy atom. The van der Waals surface area contributed by atoms with Gasteiger partial charge in [-0.3, -0.25) is 9.69 Å². The Labute approximate surface area is 120 Å². The first-order valence-electron chi connectivity index (χ1n) is 7.17. The number of carbonyl (C=O) groups excluding carboxylic acids is 1. The third-order valence-corrected chi connectivity index (χ3v) is 3.87. The summed E-state index contributed by atoms with van der Waals surface area (Å²) >= 11 is 0. The molecule has 20 heavy (non-hydrogen) atoms. The number of amides is 1. The minimum absolute atomic E-state index is 0.00291. The number of pyridine rings is 1. The van der Waals surface area contributed by atoms with Gasteiger partial charge in [0.05, 0.1) is 6.20 Å². The van der Waals surface area contributed by atoms with Crippen molar-refractivity contribution < 1.29 is 14.7 Å². The standard InChI is InChI=1S/C15H22N4O/c1-3-7-17-15(20)13(2)18-9-11-19(12-10-18)14-6-4-5-8-16-14/h3-6,8,13H,1,7,9-12H2,2H3,(H,17,20)/p+2/t13-/m1/s1. The molecule has 0 aliphatic carbocycles. The highest BCUT2D eigenvalue weighted by atomic mass is 16.2.